The Labute approximate surface area is 123 Å². The number of rotatable bonds is 8. The second kappa shape index (κ2) is 8.21. The number of non-ortho nitro benzene ring substituents is 1. The lowest BCUT2D eigenvalue weighted by molar-refractivity contribution is -0.384. The number of hydrogen-bond acceptors (Lipinski definition) is 5. The summed E-state index contributed by atoms with van der Waals surface area (Å²) < 4.78 is 5.43. The molecule has 0 saturated heterocycles. The zero-order valence-corrected chi connectivity index (χ0v) is 12.5. The normalized spacial score (nSPS) is 10.5. The second-order valence-corrected chi connectivity index (χ2v) is 4.96. The molecule has 0 aromatic heterocycles. The predicted molar refractivity (Wildman–Crippen MR) is 80.6 cm³/mol. The third-order valence-electron chi connectivity index (χ3n) is 2.70. The number of carbonyl (C=O) groups is 1. The zero-order valence-electron chi connectivity index (χ0n) is 12.5. The quantitative estimate of drug-likeness (QED) is 0.435. The molecule has 0 heterocycles. The average Bonchev–Trinajstić information content (AvgIpc) is 2.45. The van der Waals surface area contributed by atoms with E-state index >= 15 is 0 Å². The van der Waals surface area contributed by atoms with E-state index in [1.165, 1.54) is 25.2 Å². The molecule has 21 heavy (non-hydrogen) atoms. The Kier molecular flexibility index (Phi) is 6.61. The third kappa shape index (κ3) is 5.39. The topological polar surface area (TPSA) is 93.5 Å². The fourth-order valence-corrected chi connectivity index (χ4v) is 1.70. The SMILES string of the molecule is CNC(=O)c1cc([N+](=O)[O-])ccc1NCCOCC(C)C. The van der Waals surface area contributed by atoms with Gasteiger partial charge in [-0.05, 0) is 12.0 Å². The molecule has 7 heteroatoms. The van der Waals surface area contributed by atoms with Gasteiger partial charge < -0.3 is 15.4 Å². The van der Waals surface area contributed by atoms with Crippen LogP contribution in [0, 0.1) is 16.0 Å². The molecule has 0 spiro atoms. The van der Waals surface area contributed by atoms with Crippen LogP contribution in [0.4, 0.5) is 11.4 Å². The van der Waals surface area contributed by atoms with Crippen molar-refractivity contribution >= 4 is 17.3 Å². The summed E-state index contributed by atoms with van der Waals surface area (Å²) in [6.45, 7) is 5.82. The van der Waals surface area contributed by atoms with E-state index in [1.54, 1.807) is 0 Å². The van der Waals surface area contributed by atoms with Crippen molar-refractivity contribution in [3.8, 4) is 0 Å². The number of ether oxygens (including phenoxy) is 1. The maximum Gasteiger partial charge on any atom is 0.270 e. The van der Waals surface area contributed by atoms with Gasteiger partial charge in [-0.15, -0.1) is 0 Å². The van der Waals surface area contributed by atoms with Crippen LogP contribution in [0.3, 0.4) is 0 Å². The van der Waals surface area contributed by atoms with E-state index in [2.05, 4.69) is 24.5 Å². The molecule has 116 valence electrons. The summed E-state index contributed by atoms with van der Waals surface area (Å²) in [5.41, 5.74) is 0.680. The number of nitro benzene ring substituents is 1. The van der Waals surface area contributed by atoms with E-state index in [0.29, 0.717) is 31.4 Å². The van der Waals surface area contributed by atoms with E-state index in [9.17, 15) is 14.9 Å². The highest BCUT2D eigenvalue weighted by Crippen LogP contribution is 2.22. The lowest BCUT2D eigenvalue weighted by Gasteiger charge is -2.12. The summed E-state index contributed by atoms with van der Waals surface area (Å²) in [4.78, 5) is 22.0. The molecule has 0 aliphatic carbocycles. The number of nitrogens with zero attached hydrogens (tertiary/aromatic N) is 1. The molecule has 0 unspecified atom stereocenters. The van der Waals surface area contributed by atoms with Crippen LogP contribution in [0.5, 0.6) is 0 Å². The molecule has 0 aliphatic rings. The Morgan fingerprint density at radius 2 is 2.14 bits per heavy atom. The highest BCUT2D eigenvalue weighted by Gasteiger charge is 2.15. The summed E-state index contributed by atoms with van der Waals surface area (Å²) >= 11 is 0. The smallest absolute Gasteiger partial charge is 0.270 e. The predicted octanol–water partition coefficient (Wildman–Crippen LogP) is 2.04. The Morgan fingerprint density at radius 1 is 1.43 bits per heavy atom. The lowest BCUT2D eigenvalue weighted by atomic mass is 10.1. The van der Waals surface area contributed by atoms with E-state index in [-0.39, 0.29) is 17.2 Å². The molecule has 1 rings (SSSR count). The van der Waals surface area contributed by atoms with Crippen molar-refractivity contribution in [2.75, 3.05) is 32.1 Å². The van der Waals surface area contributed by atoms with E-state index in [1.807, 2.05) is 0 Å². The number of nitro groups is 1. The minimum Gasteiger partial charge on any atom is -0.382 e. The summed E-state index contributed by atoms with van der Waals surface area (Å²) in [7, 11) is 1.48. The van der Waals surface area contributed by atoms with E-state index in [4.69, 9.17) is 4.74 Å². The highest BCUT2D eigenvalue weighted by atomic mass is 16.6. The first-order valence-corrected chi connectivity index (χ1v) is 6.77. The van der Waals surface area contributed by atoms with Crippen molar-refractivity contribution in [1.29, 1.82) is 0 Å². The van der Waals surface area contributed by atoms with Gasteiger partial charge in [0.2, 0.25) is 0 Å². The van der Waals surface area contributed by atoms with Crippen LogP contribution in [-0.4, -0.2) is 37.6 Å². The summed E-state index contributed by atoms with van der Waals surface area (Å²) in [6.07, 6.45) is 0. The molecule has 0 radical (unpaired) electrons. The monoisotopic (exact) mass is 295 g/mol. The van der Waals surface area contributed by atoms with Gasteiger partial charge in [0.25, 0.3) is 11.6 Å². The molecule has 1 aromatic carbocycles. The van der Waals surface area contributed by atoms with Gasteiger partial charge in [-0.3, -0.25) is 14.9 Å². The second-order valence-electron chi connectivity index (χ2n) is 4.96. The van der Waals surface area contributed by atoms with Crippen LogP contribution < -0.4 is 10.6 Å². The number of nitrogens with one attached hydrogen (secondary N) is 2. The fourth-order valence-electron chi connectivity index (χ4n) is 1.70. The molecule has 0 atom stereocenters. The van der Waals surface area contributed by atoms with Crippen LogP contribution >= 0.6 is 0 Å². The maximum absolute atomic E-state index is 11.8. The molecule has 1 aromatic rings. The first kappa shape index (κ1) is 16.9. The van der Waals surface area contributed by atoms with Crippen molar-refractivity contribution in [1.82, 2.24) is 5.32 Å². The average molecular weight is 295 g/mol. The summed E-state index contributed by atoms with van der Waals surface area (Å²) in [6, 6.07) is 4.16. The number of hydrogen-bond donors (Lipinski definition) is 2. The van der Waals surface area contributed by atoms with Gasteiger partial charge in [-0.2, -0.15) is 0 Å². The maximum atomic E-state index is 11.8. The Bertz CT molecular complexity index is 503. The molecule has 0 saturated carbocycles. The standard InChI is InChI=1S/C14H21N3O4/c1-10(2)9-21-7-6-16-13-5-4-11(17(19)20)8-12(13)14(18)15-3/h4-5,8,10,16H,6-7,9H2,1-3H3,(H,15,18). The van der Waals surface area contributed by atoms with Crippen LogP contribution in [0.2, 0.25) is 0 Å². The Morgan fingerprint density at radius 3 is 2.71 bits per heavy atom. The number of anilines is 1. The third-order valence-corrected chi connectivity index (χ3v) is 2.70. The summed E-state index contributed by atoms with van der Waals surface area (Å²) in [5, 5.41) is 16.3. The molecule has 1 amide bonds. The van der Waals surface area contributed by atoms with Gasteiger partial charge in [0.15, 0.2) is 0 Å². The largest absolute Gasteiger partial charge is 0.382 e. The van der Waals surface area contributed by atoms with Crippen molar-refractivity contribution in [3.63, 3.8) is 0 Å². The van der Waals surface area contributed by atoms with Crippen molar-refractivity contribution in [2.24, 2.45) is 5.92 Å². The van der Waals surface area contributed by atoms with Gasteiger partial charge in [0.1, 0.15) is 0 Å². The molecule has 0 fully saturated rings. The van der Waals surface area contributed by atoms with Gasteiger partial charge >= 0.3 is 0 Å². The molecular formula is C14H21N3O4. The number of amides is 1. The minimum atomic E-state index is -0.526. The fraction of sp³-hybridized carbons (Fsp3) is 0.500. The van der Waals surface area contributed by atoms with Gasteiger partial charge in [0.05, 0.1) is 17.1 Å². The van der Waals surface area contributed by atoms with Crippen molar-refractivity contribution in [2.45, 2.75) is 13.8 Å². The highest BCUT2D eigenvalue weighted by molar-refractivity contribution is 6.00. The van der Waals surface area contributed by atoms with Gasteiger partial charge in [-0.1, -0.05) is 13.8 Å². The Hall–Kier alpha value is -2.15. The van der Waals surface area contributed by atoms with Crippen molar-refractivity contribution < 1.29 is 14.5 Å². The molecule has 0 bridgehead atoms. The number of carbonyl (C=O) groups excluding carboxylic acids is 1. The van der Waals surface area contributed by atoms with Crippen molar-refractivity contribution in [3.05, 3.63) is 33.9 Å². The number of benzene rings is 1. The van der Waals surface area contributed by atoms with E-state index < -0.39 is 4.92 Å². The molecule has 0 aliphatic heterocycles. The van der Waals surface area contributed by atoms with Gasteiger partial charge in [-0.25, -0.2) is 0 Å². The molecule has 2 N–H and O–H groups in total. The minimum absolute atomic E-state index is 0.116. The Balaban J connectivity index is 2.72. The van der Waals surface area contributed by atoms with E-state index in [0.717, 1.165) is 0 Å². The van der Waals surface area contributed by atoms with Crippen LogP contribution in [0.25, 0.3) is 0 Å². The molecular weight excluding hydrogens is 274 g/mol. The summed E-state index contributed by atoms with van der Waals surface area (Å²) in [5.74, 6) is 0.0927. The zero-order chi connectivity index (χ0) is 15.8. The first-order valence-electron chi connectivity index (χ1n) is 6.77. The molecule has 7 nitrogen and oxygen atoms in total. The van der Waals surface area contributed by atoms with Crippen LogP contribution in [0.15, 0.2) is 18.2 Å². The van der Waals surface area contributed by atoms with Crippen LogP contribution in [-0.2, 0) is 4.74 Å². The van der Waals surface area contributed by atoms with Crippen LogP contribution in [0.1, 0.15) is 24.2 Å². The lowest BCUT2D eigenvalue weighted by Crippen LogP contribution is -2.21. The first-order chi connectivity index (χ1) is 9.95. The van der Waals surface area contributed by atoms with Gasteiger partial charge in [0, 0.05) is 38.0 Å².